The van der Waals surface area contributed by atoms with Gasteiger partial charge in [-0.1, -0.05) is 85.8 Å². The van der Waals surface area contributed by atoms with Crippen molar-refractivity contribution in [2.75, 3.05) is 0 Å². The number of rotatable bonds is 3. The maximum absolute atomic E-state index is 2.40. The van der Waals surface area contributed by atoms with Crippen LogP contribution in [0.5, 0.6) is 0 Å². The summed E-state index contributed by atoms with van der Waals surface area (Å²) in [6.07, 6.45) is 6.92. The third-order valence-electron chi connectivity index (χ3n) is 5.94. The van der Waals surface area contributed by atoms with Crippen LogP contribution in [0.2, 0.25) is 0 Å². The van der Waals surface area contributed by atoms with E-state index in [1.165, 1.54) is 33.4 Å². The summed E-state index contributed by atoms with van der Waals surface area (Å²) < 4.78 is 0. The van der Waals surface area contributed by atoms with Crippen molar-refractivity contribution < 1.29 is 50.7 Å². The molecule has 0 radical (unpaired) electrons. The molecule has 140 valence electrons. The number of hydrogen-bond donors (Lipinski definition) is 0. The average molecular weight is 572 g/mol. The first-order valence-corrected chi connectivity index (χ1v) is 9.27. The minimum absolute atomic E-state index is 0. The van der Waals surface area contributed by atoms with Crippen molar-refractivity contribution in [2.24, 2.45) is 5.92 Å². The third kappa shape index (κ3) is 3.95. The number of halogens is 2. The van der Waals surface area contributed by atoms with E-state index in [-0.39, 0.29) is 50.7 Å². The van der Waals surface area contributed by atoms with Crippen LogP contribution in [0.3, 0.4) is 0 Å². The second kappa shape index (κ2) is 9.57. The van der Waals surface area contributed by atoms with Crippen LogP contribution in [0, 0.1) is 5.92 Å². The molecule has 0 heterocycles. The van der Waals surface area contributed by atoms with Gasteiger partial charge in [-0.05, 0) is 57.7 Å². The second-order valence-electron chi connectivity index (χ2n) is 7.47. The fraction of sp³-hybridized carbons (Fsp3) is 0.200. The Morgan fingerprint density at radius 1 is 0.857 bits per heavy atom. The molecule has 2 aliphatic rings. The fourth-order valence-corrected chi connectivity index (χ4v) is 4.66. The topological polar surface area (TPSA) is 0 Å². The van der Waals surface area contributed by atoms with E-state index in [1.54, 1.807) is 5.56 Å². The van der Waals surface area contributed by atoms with Crippen LogP contribution in [0.1, 0.15) is 40.7 Å². The zero-order chi connectivity index (χ0) is 16.8. The molecular weight excluding hydrogens is 550 g/mol. The average Bonchev–Trinajstić information content (AvgIpc) is 3.24. The summed E-state index contributed by atoms with van der Waals surface area (Å²) in [5.74, 6) is 1.14. The number of fused-ring (bicyclic) bond motifs is 4. The van der Waals surface area contributed by atoms with Gasteiger partial charge in [-0.3, -0.25) is 0 Å². The molecule has 28 heavy (non-hydrogen) atoms. The summed E-state index contributed by atoms with van der Waals surface area (Å²) in [5, 5.41) is 0. The predicted octanol–water partition coefficient (Wildman–Crippen LogP) is 0.253. The molecular formula is C25H22Cl2Hf. The van der Waals surface area contributed by atoms with Crippen LogP contribution < -0.4 is 24.8 Å². The number of hydrogen-bond acceptors (Lipinski definition) is 0. The Balaban J connectivity index is 0.000000934. The summed E-state index contributed by atoms with van der Waals surface area (Å²) in [4.78, 5) is 0. The van der Waals surface area contributed by atoms with Crippen molar-refractivity contribution in [1.29, 1.82) is 0 Å². The minimum atomic E-state index is 0. The molecule has 2 aliphatic carbocycles. The van der Waals surface area contributed by atoms with E-state index in [9.17, 15) is 0 Å². The molecule has 0 bridgehead atoms. The molecule has 0 N–H and O–H groups in total. The van der Waals surface area contributed by atoms with Gasteiger partial charge in [0.15, 0.2) is 0 Å². The van der Waals surface area contributed by atoms with Gasteiger partial charge >= 0.3 is 25.8 Å². The molecule has 3 aromatic carbocycles. The van der Waals surface area contributed by atoms with Gasteiger partial charge < -0.3 is 24.8 Å². The van der Waals surface area contributed by atoms with Crippen LogP contribution in [0.15, 0.2) is 72.8 Å². The SMILES string of the molecule is CC(Cc1cccc2c1Cc1ccccc1-2)C1C=Cc2ccccc21.[Cl-].[Cl-].[Hf+2]. The summed E-state index contributed by atoms with van der Waals surface area (Å²) in [6, 6.07) is 24.6. The Kier molecular flexibility index (Phi) is 7.90. The zero-order valence-electron chi connectivity index (χ0n) is 15.8. The first-order valence-electron chi connectivity index (χ1n) is 9.27. The van der Waals surface area contributed by atoms with Crippen molar-refractivity contribution in [3.8, 4) is 11.1 Å². The van der Waals surface area contributed by atoms with Gasteiger partial charge in [-0.2, -0.15) is 0 Å². The van der Waals surface area contributed by atoms with Gasteiger partial charge in [-0.25, -0.2) is 0 Å². The summed E-state index contributed by atoms with van der Waals surface area (Å²) in [6.45, 7) is 2.40. The Morgan fingerprint density at radius 2 is 1.57 bits per heavy atom. The third-order valence-corrected chi connectivity index (χ3v) is 5.94. The Labute approximate surface area is 199 Å². The first-order chi connectivity index (χ1) is 12.3. The molecule has 0 nitrogen and oxygen atoms in total. The molecule has 0 aromatic heterocycles. The van der Waals surface area contributed by atoms with Gasteiger partial charge in [0.05, 0.1) is 0 Å². The molecule has 0 amide bonds. The van der Waals surface area contributed by atoms with Crippen LogP contribution >= 0.6 is 0 Å². The molecule has 0 spiro atoms. The van der Waals surface area contributed by atoms with Gasteiger partial charge in [0.2, 0.25) is 0 Å². The summed E-state index contributed by atoms with van der Waals surface area (Å²) in [5.41, 5.74) is 10.3. The van der Waals surface area contributed by atoms with E-state index in [2.05, 4.69) is 85.8 Å². The van der Waals surface area contributed by atoms with Crippen molar-refractivity contribution in [3.63, 3.8) is 0 Å². The Hall–Kier alpha value is -1.15. The number of allylic oxidation sites excluding steroid dienone is 1. The van der Waals surface area contributed by atoms with Gasteiger partial charge in [0, 0.05) is 5.92 Å². The Bertz CT molecular complexity index is 993. The maximum Gasteiger partial charge on any atom is 2.00 e. The van der Waals surface area contributed by atoms with Crippen LogP contribution in [0.25, 0.3) is 17.2 Å². The maximum atomic E-state index is 2.40. The predicted molar refractivity (Wildman–Crippen MR) is 106 cm³/mol. The van der Waals surface area contributed by atoms with Crippen molar-refractivity contribution in [2.45, 2.75) is 25.7 Å². The Morgan fingerprint density at radius 3 is 2.43 bits per heavy atom. The molecule has 5 rings (SSSR count). The summed E-state index contributed by atoms with van der Waals surface area (Å²) in [7, 11) is 0. The molecule has 2 unspecified atom stereocenters. The van der Waals surface area contributed by atoms with Gasteiger partial charge in [-0.15, -0.1) is 0 Å². The van der Waals surface area contributed by atoms with Crippen LogP contribution in [0.4, 0.5) is 0 Å². The molecule has 2 atom stereocenters. The normalized spacial score (nSPS) is 16.0. The minimum Gasteiger partial charge on any atom is -1.00 e. The summed E-state index contributed by atoms with van der Waals surface area (Å²) >= 11 is 0. The van der Waals surface area contributed by atoms with Gasteiger partial charge in [0.25, 0.3) is 0 Å². The van der Waals surface area contributed by atoms with E-state index in [4.69, 9.17) is 0 Å². The quantitative estimate of drug-likeness (QED) is 0.310. The molecule has 3 heteroatoms. The first kappa shape index (κ1) is 23.1. The van der Waals surface area contributed by atoms with Crippen LogP contribution in [-0.4, -0.2) is 0 Å². The van der Waals surface area contributed by atoms with E-state index in [0.717, 1.165) is 12.8 Å². The smallest absolute Gasteiger partial charge is 1.00 e. The second-order valence-corrected chi connectivity index (χ2v) is 7.47. The monoisotopic (exact) mass is 572 g/mol. The largest absolute Gasteiger partial charge is 2.00 e. The van der Waals surface area contributed by atoms with E-state index >= 15 is 0 Å². The van der Waals surface area contributed by atoms with Crippen molar-refractivity contribution >= 4 is 6.08 Å². The van der Waals surface area contributed by atoms with Crippen LogP contribution in [-0.2, 0) is 38.7 Å². The molecule has 0 aliphatic heterocycles. The standard InChI is InChI=1S/C25H22.2ClH.Hf/c1-17(21-14-13-18-7-2-4-10-22(18)21)15-19-9-6-12-24-23-11-5-3-8-20(23)16-25(19)24;;;/h2-14,17,21H,15-16H2,1H3;2*1H;/q;;;+2/p-2. The molecule has 0 saturated carbocycles. The molecule has 3 aromatic rings. The van der Waals surface area contributed by atoms with E-state index in [1.807, 2.05) is 0 Å². The van der Waals surface area contributed by atoms with E-state index < -0.39 is 0 Å². The zero-order valence-corrected chi connectivity index (χ0v) is 20.9. The number of benzene rings is 3. The van der Waals surface area contributed by atoms with Gasteiger partial charge in [0.1, 0.15) is 0 Å². The molecule has 0 saturated heterocycles. The molecule has 0 fully saturated rings. The fourth-order valence-electron chi connectivity index (χ4n) is 4.66. The van der Waals surface area contributed by atoms with Crippen molar-refractivity contribution in [1.82, 2.24) is 0 Å². The van der Waals surface area contributed by atoms with Crippen molar-refractivity contribution in [3.05, 3.63) is 101 Å². The van der Waals surface area contributed by atoms with E-state index in [0.29, 0.717) is 11.8 Å².